The predicted molar refractivity (Wildman–Crippen MR) is 76.3 cm³/mol. The molecule has 0 saturated heterocycles. The van der Waals surface area contributed by atoms with Gasteiger partial charge in [-0.25, -0.2) is 14.1 Å². The molecule has 1 aliphatic carbocycles. The van der Waals surface area contributed by atoms with Crippen LogP contribution in [0.3, 0.4) is 0 Å². The molecule has 1 aromatic carbocycles. The largest absolute Gasteiger partial charge is 0.385 e. The number of halogens is 1. The minimum atomic E-state index is -0.302. The van der Waals surface area contributed by atoms with Gasteiger partial charge in [-0.1, -0.05) is 12.2 Å². The summed E-state index contributed by atoms with van der Waals surface area (Å²) in [7, 11) is 0. The molecule has 1 aromatic heterocycles. The van der Waals surface area contributed by atoms with Gasteiger partial charge < -0.3 is 5.32 Å². The fourth-order valence-corrected chi connectivity index (χ4v) is 2.44. The van der Waals surface area contributed by atoms with E-state index in [1.54, 1.807) is 6.07 Å². The third kappa shape index (κ3) is 2.87. The van der Waals surface area contributed by atoms with Crippen LogP contribution in [0.5, 0.6) is 0 Å². The normalized spacial score (nSPS) is 18.1. The molecule has 2 aromatic rings. The molecule has 4 nitrogen and oxygen atoms in total. The van der Waals surface area contributed by atoms with Crippen molar-refractivity contribution in [2.45, 2.75) is 19.3 Å². The lowest BCUT2D eigenvalue weighted by Crippen LogP contribution is -2.15. The van der Waals surface area contributed by atoms with Crippen molar-refractivity contribution in [2.24, 2.45) is 5.92 Å². The van der Waals surface area contributed by atoms with E-state index in [1.165, 1.54) is 29.8 Å². The molecule has 1 heterocycles. The van der Waals surface area contributed by atoms with Gasteiger partial charge in [0.15, 0.2) is 5.82 Å². The van der Waals surface area contributed by atoms with Crippen LogP contribution in [0.1, 0.15) is 19.3 Å². The van der Waals surface area contributed by atoms with Crippen molar-refractivity contribution in [2.75, 3.05) is 11.9 Å². The van der Waals surface area contributed by atoms with Gasteiger partial charge in [0, 0.05) is 12.2 Å². The number of hydrogen-bond donors (Lipinski definition) is 1. The zero-order valence-electron chi connectivity index (χ0n) is 11.2. The van der Waals surface area contributed by atoms with Crippen LogP contribution in [0.2, 0.25) is 0 Å². The first-order valence-electron chi connectivity index (χ1n) is 6.86. The first-order valence-corrected chi connectivity index (χ1v) is 6.86. The summed E-state index contributed by atoms with van der Waals surface area (Å²) in [6.45, 7) is 0.881. The molecule has 0 spiro atoms. The molecule has 5 heteroatoms. The summed E-state index contributed by atoms with van der Waals surface area (Å²) in [6, 6.07) is 5.10. The molecule has 3 rings (SSSR count). The Balaban J connectivity index is 1.66. The highest BCUT2D eigenvalue weighted by atomic mass is 19.1. The summed E-state index contributed by atoms with van der Waals surface area (Å²) < 4.78 is 15.5. The van der Waals surface area contributed by atoms with Gasteiger partial charge in [0.25, 0.3) is 0 Å². The zero-order chi connectivity index (χ0) is 13.8. The number of hydrogen-bond acceptors (Lipinski definition) is 3. The SMILES string of the molecule is Fc1cc(NCC2CC=CCC2)ccc1-n1cncn1. The van der Waals surface area contributed by atoms with E-state index in [0.717, 1.165) is 25.1 Å². The number of allylic oxidation sites excluding steroid dienone is 2. The van der Waals surface area contributed by atoms with Crippen molar-refractivity contribution in [1.29, 1.82) is 0 Å². The van der Waals surface area contributed by atoms with E-state index >= 15 is 0 Å². The third-order valence-electron chi connectivity index (χ3n) is 3.59. The lowest BCUT2D eigenvalue weighted by molar-refractivity contribution is 0.504. The molecule has 0 bridgehead atoms. The molecule has 0 amide bonds. The molecular formula is C15H17FN4. The Morgan fingerprint density at radius 3 is 3.00 bits per heavy atom. The van der Waals surface area contributed by atoms with E-state index in [9.17, 15) is 4.39 Å². The van der Waals surface area contributed by atoms with Gasteiger partial charge in [-0.3, -0.25) is 0 Å². The van der Waals surface area contributed by atoms with Crippen LogP contribution in [0, 0.1) is 11.7 Å². The fourth-order valence-electron chi connectivity index (χ4n) is 2.44. The molecule has 20 heavy (non-hydrogen) atoms. The second kappa shape index (κ2) is 5.86. The monoisotopic (exact) mass is 272 g/mol. The molecule has 1 N–H and O–H groups in total. The minimum absolute atomic E-state index is 0.302. The Bertz CT molecular complexity index is 592. The number of nitrogens with zero attached hydrogens (tertiary/aromatic N) is 3. The fraction of sp³-hybridized carbons (Fsp3) is 0.333. The second-order valence-electron chi connectivity index (χ2n) is 5.04. The molecule has 0 aliphatic heterocycles. The average molecular weight is 272 g/mol. The molecule has 0 fully saturated rings. The maximum absolute atomic E-state index is 14.0. The van der Waals surface area contributed by atoms with E-state index in [0.29, 0.717) is 11.6 Å². The van der Waals surface area contributed by atoms with Crippen LogP contribution < -0.4 is 5.32 Å². The second-order valence-corrected chi connectivity index (χ2v) is 5.04. The highest BCUT2D eigenvalue weighted by Crippen LogP contribution is 2.21. The van der Waals surface area contributed by atoms with Crippen LogP contribution in [0.15, 0.2) is 43.0 Å². The molecule has 104 valence electrons. The standard InChI is InChI=1S/C15H17FN4/c16-14-8-13(18-9-12-4-2-1-3-5-12)6-7-15(14)20-11-17-10-19-20/h1-2,6-8,10-12,18H,3-5,9H2. The van der Waals surface area contributed by atoms with Crippen molar-refractivity contribution in [1.82, 2.24) is 14.8 Å². The Kier molecular flexibility index (Phi) is 3.76. The maximum Gasteiger partial charge on any atom is 0.150 e. The van der Waals surface area contributed by atoms with Crippen LogP contribution in [0.25, 0.3) is 5.69 Å². The maximum atomic E-state index is 14.0. The van der Waals surface area contributed by atoms with Gasteiger partial charge in [0.2, 0.25) is 0 Å². The lowest BCUT2D eigenvalue weighted by atomic mass is 9.94. The highest BCUT2D eigenvalue weighted by Gasteiger charge is 2.10. The molecule has 0 radical (unpaired) electrons. The number of rotatable bonds is 4. The first kappa shape index (κ1) is 12.8. The van der Waals surface area contributed by atoms with Gasteiger partial charge in [-0.15, -0.1) is 0 Å². The molecule has 1 atom stereocenters. The van der Waals surface area contributed by atoms with E-state index < -0.39 is 0 Å². The van der Waals surface area contributed by atoms with Crippen molar-refractivity contribution < 1.29 is 4.39 Å². The van der Waals surface area contributed by atoms with Crippen molar-refractivity contribution >= 4 is 5.69 Å². The summed E-state index contributed by atoms with van der Waals surface area (Å²) in [4.78, 5) is 3.82. The first-order chi connectivity index (χ1) is 9.83. The lowest BCUT2D eigenvalue weighted by Gasteiger charge is -2.19. The Labute approximate surface area is 117 Å². The van der Waals surface area contributed by atoms with Crippen LogP contribution in [-0.2, 0) is 0 Å². The summed E-state index contributed by atoms with van der Waals surface area (Å²) in [5, 5.41) is 7.24. The average Bonchev–Trinajstić information content (AvgIpc) is 3.00. The van der Waals surface area contributed by atoms with E-state index in [2.05, 4.69) is 27.6 Å². The van der Waals surface area contributed by atoms with Crippen LogP contribution in [0.4, 0.5) is 10.1 Å². The number of aromatic nitrogens is 3. The minimum Gasteiger partial charge on any atom is -0.385 e. The van der Waals surface area contributed by atoms with E-state index in [-0.39, 0.29) is 5.82 Å². The van der Waals surface area contributed by atoms with Gasteiger partial charge in [0.1, 0.15) is 18.3 Å². The number of benzene rings is 1. The van der Waals surface area contributed by atoms with Crippen molar-refractivity contribution in [3.63, 3.8) is 0 Å². The third-order valence-corrected chi connectivity index (χ3v) is 3.59. The van der Waals surface area contributed by atoms with Gasteiger partial charge in [0.05, 0.1) is 0 Å². The zero-order valence-corrected chi connectivity index (χ0v) is 11.2. The molecular weight excluding hydrogens is 255 g/mol. The van der Waals surface area contributed by atoms with Crippen LogP contribution in [-0.4, -0.2) is 21.3 Å². The predicted octanol–water partition coefficient (Wildman–Crippen LogP) is 3.17. The molecule has 1 unspecified atom stereocenters. The van der Waals surface area contributed by atoms with Gasteiger partial charge in [-0.05, 0) is 43.4 Å². The Morgan fingerprint density at radius 1 is 1.35 bits per heavy atom. The summed E-state index contributed by atoms with van der Waals surface area (Å²) >= 11 is 0. The number of nitrogens with one attached hydrogen (secondary N) is 1. The quantitative estimate of drug-likeness (QED) is 0.869. The van der Waals surface area contributed by atoms with Gasteiger partial charge in [-0.2, -0.15) is 5.10 Å². The van der Waals surface area contributed by atoms with E-state index in [1.807, 2.05) is 6.07 Å². The Morgan fingerprint density at radius 2 is 2.30 bits per heavy atom. The molecule has 1 aliphatic rings. The smallest absolute Gasteiger partial charge is 0.150 e. The van der Waals surface area contributed by atoms with Crippen LogP contribution >= 0.6 is 0 Å². The summed E-state index contributed by atoms with van der Waals surface area (Å²) in [6.07, 6.45) is 10.8. The van der Waals surface area contributed by atoms with Gasteiger partial charge >= 0.3 is 0 Å². The summed E-state index contributed by atoms with van der Waals surface area (Å²) in [5.74, 6) is 0.335. The van der Waals surface area contributed by atoms with Crippen molar-refractivity contribution in [3.8, 4) is 5.69 Å². The number of anilines is 1. The summed E-state index contributed by atoms with van der Waals surface area (Å²) in [5.41, 5.74) is 1.22. The van der Waals surface area contributed by atoms with Crippen molar-refractivity contribution in [3.05, 3.63) is 48.8 Å². The topological polar surface area (TPSA) is 42.7 Å². The highest BCUT2D eigenvalue weighted by molar-refractivity contribution is 5.49. The Hall–Kier alpha value is -2.17. The van der Waals surface area contributed by atoms with E-state index in [4.69, 9.17) is 0 Å². The molecule has 0 saturated carbocycles.